The van der Waals surface area contributed by atoms with E-state index in [9.17, 15) is 0 Å². The predicted molar refractivity (Wildman–Crippen MR) is 97.6 cm³/mol. The minimum Gasteiger partial charge on any atom is -0.456 e. The van der Waals surface area contributed by atoms with E-state index < -0.39 is 0 Å². The highest BCUT2D eigenvalue weighted by Crippen LogP contribution is 2.23. The summed E-state index contributed by atoms with van der Waals surface area (Å²) >= 11 is 6.22. The van der Waals surface area contributed by atoms with Gasteiger partial charge >= 0.3 is 0 Å². The third-order valence-corrected chi connectivity index (χ3v) is 4.99. The molecule has 0 amide bonds. The van der Waals surface area contributed by atoms with Gasteiger partial charge in [0.1, 0.15) is 11.3 Å². The molecule has 1 aliphatic rings. The molecule has 0 aliphatic heterocycles. The summed E-state index contributed by atoms with van der Waals surface area (Å²) in [5.74, 6) is 0.878. The van der Waals surface area contributed by atoms with Crippen LogP contribution in [0.5, 0.6) is 0 Å². The highest BCUT2D eigenvalue weighted by Gasteiger charge is 2.17. The SMILES string of the molecule is Clc1ccc2oc(-c3ccccc3)cc(=[NH+]C3CCCCC3)c2c1. The van der Waals surface area contributed by atoms with E-state index in [1.807, 2.05) is 36.4 Å². The maximum atomic E-state index is 6.22. The van der Waals surface area contributed by atoms with Gasteiger partial charge < -0.3 is 4.42 Å². The number of halogens is 1. The maximum absolute atomic E-state index is 6.22. The Morgan fingerprint density at radius 2 is 1.71 bits per heavy atom. The number of hydrogen-bond donors (Lipinski definition) is 1. The molecule has 0 atom stereocenters. The number of benzene rings is 2. The van der Waals surface area contributed by atoms with Gasteiger partial charge in [0.25, 0.3) is 0 Å². The predicted octanol–water partition coefficient (Wildman–Crippen LogP) is 4.07. The topological polar surface area (TPSA) is 27.1 Å². The summed E-state index contributed by atoms with van der Waals surface area (Å²) in [7, 11) is 0. The van der Waals surface area contributed by atoms with E-state index in [1.54, 1.807) is 0 Å². The standard InChI is InChI=1S/C21H20ClNO/c22-16-11-12-20-18(13-16)19(23-17-9-5-2-6-10-17)14-21(24-20)15-7-3-1-4-8-15/h1,3-4,7-8,11-14,17H,2,5-6,9-10H2/p+1. The highest BCUT2D eigenvalue weighted by atomic mass is 35.5. The Bertz CT molecular complexity index is 908. The van der Waals surface area contributed by atoms with Gasteiger partial charge in [-0.3, -0.25) is 0 Å². The molecule has 1 fully saturated rings. The molecule has 0 spiro atoms. The molecule has 3 heteroatoms. The molecular weight excluding hydrogens is 318 g/mol. The smallest absolute Gasteiger partial charge is 0.213 e. The van der Waals surface area contributed by atoms with Crippen LogP contribution in [0.25, 0.3) is 22.3 Å². The normalized spacial score (nSPS) is 16.6. The van der Waals surface area contributed by atoms with Crippen LogP contribution in [0, 0.1) is 0 Å². The zero-order valence-electron chi connectivity index (χ0n) is 13.6. The van der Waals surface area contributed by atoms with Gasteiger partial charge in [-0.05, 0) is 31.0 Å². The molecule has 1 saturated carbocycles. The Hall–Kier alpha value is -2.06. The lowest BCUT2D eigenvalue weighted by Gasteiger charge is -2.13. The van der Waals surface area contributed by atoms with Crippen LogP contribution in [0.15, 0.2) is 59.0 Å². The average Bonchev–Trinajstić information content (AvgIpc) is 2.63. The third-order valence-electron chi connectivity index (χ3n) is 4.75. The Morgan fingerprint density at radius 3 is 2.50 bits per heavy atom. The van der Waals surface area contributed by atoms with Gasteiger partial charge in [0.05, 0.1) is 11.5 Å². The fourth-order valence-electron chi connectivity index (χ4n) is 3.49. The van der Waals surface area contributed by atoms with Crippen LogP contribution >= 0.6 is 11.6 Å². The van der Waals surface area contributed by atoms with Crippen LogP contribution in [0.1, 0.15) is 32.1 Å². The fourth-order valence-corrected chi connectivity index (χ4v) is 3.66. The lowest BCUT2D eigenvalue weighted by Crippen LogP contribution is -2.83. The van der Waals surface area contributed by atoms with Crippen molar-refractivity contribution in [2.45, 2.75) is 38.1 Å². The number of rotatable bonds is 2. The molecule has 1 aliphatic carbocycles. The highest BCUT2D eigenvalue weighted by molar-refractivity contribution is 6.31. The summed E-state index contributed by atoms with van der Waals surface area (Å²) in [6.07, 6.45) is 6.42. The molecule has 2 aromatic carbocycles. The largest absolute Gasteiger partial charge is 0.456 e. The van der Waals surface area contributed by atoms with Crippen molar-refractivity contribution in [1.82, 2.24) is 0 Å². The zero-order chi connectivity index (χ0) is 16.4. The lowest BCUT2D eigenvalue weighted by molar-refractivity contribution is -0.546. The summed E-state index contributed by atoms with van der Waals surface area (Å²) in [6, 6.07) is 18.7. The molecule has 0 saturated heterocycles. The van der Waals surface area contributed by atoms with Crippen LogP contribution in [0.4, 0.5) is 0 Å². The number of fused-ring (bicyclic) bond motifs is 1. The van der Waals surface area contributed by atoms with Gasteiger partial charge in [0.15, 0.2) is 6.04 Å². The molecule has 1 heterocycles. The van der Waals surface area contributed by atoms with E-state index in [4.69, 9.17) is 16.0 Å². The molecule has 3 aromatic rings. The van der Waals surface area contributed by atoms with Gasteiger partial charge in [0, 0.05) is 23.4 Å². The van der Waals surface area contributed by atoms with Gasteiger partial charge in [0.2, 0.25) is 5.36 Å². The quantitative estimate of drug-likeness (QED) is 0.749. The van der Waals surface area contributed by atoms with Crippen LogP contribution < -0.4 is 10.3 Å². The summed E-state index contributed by atoms with van der Waals surface area (Å²) in [5.41, 5.74) is 1.94. The third kappa shape index (κ3) is 3.25. The molecule has 0 unspecified atom stereocenters. The molecule has 2 nitrogen and oxygen atoms in total. The molecule has 0 bridgehead atoms. The first-order valence-corrected chi connectivity index (χ1v) is 9.06. The Kier molecular flexibility index (Phi) is 4.40. The second kappa shape index (κ2) is 6.82. The second-order valence-electron chi connectivity index (χ2n) is 6.51. The fraction of sp³-hybridized carbons (Fsp3) is 0.286. The van der Waals surface area contributed by atoms with Gasteiger partial charge in [-0.25, -0.2) is 4.99 Å². The molecule has 4 rings (SSSR count). The molecule has 24 heavy (non-hydrogen) atoms. The van der Waals surface area contributed by atoms with Gasteiger partial charge in [-0.1, -0.05) is 48.4 Å². The van der Waals surface area contributed by atoms with Crippen molar-refractivity contribution in [3.05, 3.63) is 65.0 Å². The van der Waals surface area contributed by atoms with E-state index in [0.717, 1.165) is 32.7 Å². The van der Waals surface area contributed by atoms with Gasteiger partial charge in [-0.15, -0.1) is 0 Å². The van der Waals surface area contributed by atoms with Crippen molar-refractivity contribution in [3.8, 4) is 11.3 Å². The Balaban J connectivity index is 1.91. The van der Waals surface area contributed by atoms with Crippen LogP contribution in [-0.2, 0) is 0 Å². The van der Waals surface area contributed by atoms with E-state index in [2.05, 4.69) is 23.2 Å². The first kappa shape index (κ1) is 15.5. The van der Waals surface area contributed by atoms with Crippen molar-refractivity contribution in [1.29, 1.82) is 0 Å². The minimum atomic E-state index is 0.534. The van der Waals surface area contributed by atoms with E-state index in [-0.39, 0.29) is 0 Å². The van der Waals surface area contributed by atoms with E-state index in [0.29, 0.717) is 6.04 Å². The average molecular weight is 339 g/mol. The maximum Gasteiger partial charge on any atom is 0.213 e. The molecule has 1 aromatic heterocycles. The van der Waals surface area contributed by atoms with Crippen molar-refractivity contribution >= 4 is 22.6 Å². The van der Waals surface area contributed by atoms with Crippen molar-refractivity contribution in [2.75, 3.05) is 0 Å². The molecular formula is C21H21ClNO+. The van der Waals surface area contributed by atoms with Crippen LogP contribution in [0.2, 0.25) is 5.02 Å². The molecule has 0 radical (unpaired) electrons. The Labute approximate surface area is 146 Å². The second-order valence-corrected chi connectivity index (χ2v) is 6.95. The minimum absolute atomic E-state index is 0.534. The van der Waals surface area contributed by atoms with Crippen molar-refractivity contribution in [3.63, 3.8) is 0 Å². The molecule has 1 N–H and O–H groups in total. The Morgan fingerprint density at radius 1 is 0.917 bits per heavy atom. The van der Waals surface area contributed by atoms with E-state index in [1.165, 1.54) is 32.1 Å². The van der Waals surface area contributed by atoms with Gasteiger partial charge in [-0.2, -0.15) is 0 Å². The zero-order valence-corrected chi connectivity index (χ0v) is 14.4. The van der Waals surface area contributed by atoms with E-state index >= 15 is 0 Å². The number of nitrogens with one attached hydrogen (secondary N) is 1. The molecule has 122 valence electrons. The monoisotopic (exact) mass is 338 g/mol. The summed E-state index contributed by atoms with van der Waals surface area (Å²) in [4.78, 5) is 3.74. The first-order valence-electron chi connectivity index (χ1n) is 8.68. The van der Waals surface area contributed by atoms with Crippen LogP contribution in [0.3, 0.4) is 0 Å². The lowest BCUT2D eigenvalue weighted by atomic mass is 9.96. The van der Waals surface area contributed by atoms with Crippen LogP contribution in [-0.4, -0.2) is 6.04 Å². The summed E-state index contributed by atoms with van der Waals surface area (Å²) in [6.45, 7) is 0. The first-order chi connectivity index (χ1) is 11.8. The van der Waals surface area contributed by atoms with Crippen molar-refractivity contribution < 1.29 is 9.41 Å². The summed E-state index contributed by atoms with van der Waals surface area (Å²) < 4.78 is 6.13. The summed E-state index contributed by atoms with van der Waals surface area (Å²) in [5, 5.41) is 2.90. The van der Waals surface area contributed by atoms with Crippen molar-refractivity contribution in [2.24, 2.45) is 0 Å². The number of hydrogen-bond acceptors (Lipinski definition) is 1.